The highest BCUT2D eigenvalue weighted by Gasteiger charge is 2.32. The second-order valence-electron chi connectivity index (χ2n) is 3.63. The summed E-state index contributed by atoms with van der Waals surface area (Å²) in [7, 11) is -3.30. The van der Waals surface area contributed by atoms with Gasteiger partial charge in [0.05, 0.1) is 0 Å². The fourth-order valence-electron chi connectivity index (χ4n) is 1.70. The third-order valence-corrected chi connectivity index (χ3v) is 5.83. The van der Waals surface area contributed by atoms with Crippen LogP contribution in [0.4, 0.5) is 0 Å². The number of aliphatic hydroxyl groups is 1. The minimum atomic E-state index is -3.30. The summed E-state index contributed by atoms with van der Waals surface area (Å²) in [5.74, 6) is 0.0970. The summed E-state index contributed by atoms with van der Waals surface area (Å²) in [6.45, 7) is 1.03. The summed E-state index contributed by atoms with van der Waals surface area (Å²) < 4.78 is 25.9. The first kappa shape index (κ1) is 11.1. The highest BCUT2D eigenvalue weighted by atomic mass is 32.2. The molecule has 0 amide bonds. The van der Waals surface area contributed by atoms with Gasteiger partial charge in [0.2, 0.25) is 0 Å². The predicted molar refractivity (Wildman–Crippen MR) is 58.3 cm³/mol. The number of nitrogens with zero attached hydrogens (tertiary/aromatic N) is 1. The van der Waals surface area contributed by atoms with E-state index in [9.17, 15) is 8.42 Å². The van der Waals surface area contributed by atoms with Crippen LogP contribution >= 0.6 is 11.3 Å². The molecule has 6 heteroatoms. The van der Waals surface area contributed by atoms with Gasteiger partial charge < -0.3 is 5.11 Å². The molecule has 1 aliphatic heterocycles. The van der Waals surface area contributed by atoms with Crippen LogP contribution in [0.5, 0.6) is 0 Å². The Labute approximate surface area is 93.2 Å². The SMILES string of the molecule is O=S(=O)(c1cccs1)N1CC[C@H](CO)C1. The van der Waals surface area contributed by atoms with Gasteiger partial charge in [0.1, 0.15) is 4.21 Å². The van der Waals surface area contributed by atoms with Crippen molar-refractivity contribution in [1.82, 2.24) is 4.31 Å². The van der Waals surface area contributed by atoms with Gasteiger partial charge in [0.25, 0.3) is 10.0 Å². The highest BCUT2D eigenvalue weighted by molar-refractivity contribution is 7.91. The molecule has 2 heterocycles. The van der Waals surface area contributed by atoms with Crippen LogP contribution in [-0.4, -0.2) is 37.5 Å². The van der Waals surface area contributed by atoms with Crippen molar-refractivity contribution < 1.29 is 13.5 Å². The van der Waals surface area contributed by atoms with E-state index in [-0.39, 0.29) is 12.5 Å². The lowest BCUT2D eigenvalue weighted by Crippen LogP contribution is -2.28. The molecule has 2 rings (SSSR count). The Hall–Kier alpha value is -0.430. The minimum Gasteiger partial charge on any atom is -0.396 e. The standard InChI is InChI=1S/C9H13NO3S2/c11-7-8-3-4-10(6-8)15(12,13)9-2-1-5-14-9/h1-2,5,8,11H,3-4,6-7H2/t8-/m0/s1. The van der Waals surface area contributed by atoms with Gasteiger partial charge in [0.15, 0.2) is 0 Å². The van der Waals surface area contributed by atoms with E-state index in [1.165, 1.54) is 15.6 Å². The largest absolute Gasteiger partial charge is 0.396 e. The van der Waals surface area contributed by atoms with Gasteiger partial charge in [-0.1, -0.05) is 6.07 Å². The van der Waals surface area contributed by atoms with Crippen LogP contribution in [0.1, 0.15) is 6.42 Å². The lowest BCUT2D eigenvalue weighted by Gasteiger charge is -2.14. The molecule has 0 saturated carbocycles. The van der Waals surface area contributed by atoms with Crippen molar-refractivity contribution in [2.75, 3.05) is 19.7 Å². The van der Waals surface area contributed by atoms with Gasteiger partial charge in [-0.3, -0.25) is 0 Å². The van der Waals surface area contributed by atoms with E-state index in [1.807, 2.05) is 0 Å². The van der Waals surface area contributed by atoms with Crippen molar-refractivity contribution in [1.29, 1.82) is 0 Å². The zero-order valence-corrected chi connectivity index (χ0v) is 9.80. The summed E-state index contributed by atoms with van der Waals surface area (Å²) in [5.41, 5.74) is 0. The molecule has 84 valence electrons. The molecule has 1 N–H and O–H groups in total. The number of rotatable bonds is 3. The monoisotopic (exact) mass is 247 g/mol. The molecule has 1 aromatic heterocycles. The van der Waals surface area contributed by atoms with Gasteiger partial charge in [-0.15, -0.1) is 11.3 Å². The molecule has 1 atom stereocenters. The Balaban J connectivity index is 2.18. The van der Waals surface area contributed by atoms with Crippen LogP contribution in [-0.2, 0) is 10.0 Å². The van der Waals surface area contributed by atoms with Crippen molar-refractivity contribution in [3.8, 4) is 0 Å². The molecule has 0 unspecified atom stereocenters. The predicted octanol–water partition coefficient (Wildman–Crippen LogP) is 0.751. The molecule has 0 bridgehead atoms. The quantitative estimate of drug-likeness (QED) is 0.857. The van der Waals surface area contributed by atoms with Crippen LogP contribution in [0.25, 0.3) is 0 Å². The van der Waals surface area contributed by atoms with E-state index >= 15 is 0 Å². The Bertz CT molecular complexity index is 413. The molecular formula is C9H13NO3S2. The van der Waals surface area contributed by atoms with Crippen LogP contribution in [0.2, 0.25) is 0 Å². The number of aliphatic hydroxyl groups excluding tert-OH is 1. The third kappa shape index (κ3) is 2.08. The first-order chi connectivity index (χ1) is 7.14. The van der Waals surface area contributed by atoms with E-state index in [2.05, 4.69) is 0 Å². The van der Waals surface area contributed by atoms with Crippen LogP contribution in [0.15, 0.2) is 21.7 Å². The van der Waals surface area contributed by atoms with Gasteiger partial charge in [0, 0.05) is 19.7 Å². The molecule has 0 radical (unpaired) electrons. The second kappa shape index (κ2) is 4.21. The Morgan fingerprint density at radius 3 is 2.93 bits per heavy atom. The van der Waals surface area contributed by atoms with Gasteiger partial charge in [-0.05, 0) is 23.8 Å². The smallest absolute Gasteiger partial charge is 0.252 e. The highest BCUT2D eigenvalue weighted by Crippen LogP contribution is 2.26. The number of thiophene rings is 1. The molecule has 1 aromatic rings. The van der Waals surface area contributed by atoms with Gasteiger partial charge in [-0.2, -0.15) is 4.31 Å². The maximum absolute atomic E-state index is 12.0. The molecule has 4 nitrogen and oxygen atoms in total. The Kier molecular flexibility index (Phi) is 3.11. The molecule has 15 heavy (non-hydrogen) atoms. The normalized spacial score (nSPS) is 23.4. The maximum Gasteiger partial charge on any atom is 0.252 e. The molecule has 0 aromatic carbocycles. The maximum atomic E-state index is 12.0. The van der Waals surface area contributed by atoms with Gasteiger partial charge in [-0.25, -0.2) is 8.42 Å². The lowest BCUT2D eigenvalue weighted by atomic mass is 10.1. The van der Waals surface area contributed by atoms with Crippen molar-refractivity contribution in [3.63, 3.8) is 0 Å². The zero-order valence-electron chi connectivity index (χ0n) is 8.17. The van der Waals surface area contributed by atoms with Crippen molar-refractivity contribution in [2.45, 2.75) is 10.6 Å². The minimum absolute atomic E-state index is 0.0659. The van der Waals surface area contributed by atoms with Crippen molar-refractivity contribution in [2.24, 2.45) is 5.92 Å². The molecule has 1 aliphatic rings. The fraction of sp³-hybridized carbons (Fsp3) is 0.556. The first-order valence-corrected chi connectivity index (χ1v) is 7.11. The average Bonchev–Trinajstić information content (AvgIpc) is 2.89. The summed E-state index contributed by atoms with van der Waals surface area (Å²) in [6, 6.07) is 3.35. The van der Waals surface area contributed by atoms with E-state index in [4.69, 9.17) is 5.11 Å². The van der Waals surface area contributed by atoms with Crippen LogP contribution in [0, 0.1) is 5.92 Å². The fourth-order valence-corrected chi connectivity index (χ4v) is 4.38. The van der Waals surface area contributed by atoms with Crippen LogP contribution in [0.3, 0.4) is 0 Å². The van der Waals surface area contributed by atoms with E-state index in [0.717, 1.165) is 6.42 Å². The first-order valence-electron chi connectivity index (χ1n) is 4.79. The molecule has 1 fully saturated rings. The van der Waals surface area contributed by atoms with Crippen LogP contribution < -0.4 is 0 Å². The zero-order chi connectivity index (χ0) is 10.9. The molecule has 0 aliphatic carbocycles. The lowest BCUT2D eigenvalue weighted by molar-refractivity contribution is 0.233. The average molecular weight is 247 g/mol. The number of hydrogen-bond acceptors (Lipinski definition) is 4. The number of sulfonamides is 1. The van der Waals surface area contributed by atoms with Gasteiger partial charge >= 0.3 is 0 Å². The molecule has 1 saturated heterocycles. The topological polar surface area (TPSA) is 57.6 Å². The Morgan fingerprint density at radius 1 is 1.60 bits per heavy atom. The summed E-state index contributed by atoms with van der Waals surface area (Å²) in [4.78, 5) is 0. The van der Waals surface area contributed by atoms with Crippen molar-refractivity contribution in [3.05, 3.63) is 17.5 Å². The number of hydrogen-bond donors (Lipinski definition) is 1. The summed E-state index contributed by atoms with van der Waals surface area (Å²) in [6.07, 6.45) is 0.751. The molecule has 0 spiro atoms. The second-order valence-corrected chi connectivity index (χ2v) is 6.74. The summed E-state index contributed by atoms with van der Waals surface area (Å²) in [5, 5.41) is 10.7. The van der Waals surface area contributed by atoms with Crippen molar-refractivity contribution >= 4 is 21.4 Å². The van der Waals surface area contributed by atoms with E-state index < -0.39 is 10.0 Å². The summed E-state index contributed by atoms with van der Waals surface area (Å²) >= 11 is 1.23. The molecular weight excluding hydrogens is 234 g/mol. The van der Waals surface area contributed by atoms with E-state index in [1.54, 1.807) is 17.5 Å². The third-order valence-electron chi connectivity index (χ3n) is 2.60. The Morgan fingerprint density at radius 2 is 2.40 bits per heavy atom. The van der Waals surface area contributed by atoms with E-state index in [0.29, 0.717) is 17.3 Å².